The van der Waals surface area contributed by atoms with E-state index in [9.17, 15) is 44.3 Å². The molecule has 0 bridgehead atoms. The van der Waals surface area contributed by atoms with Crippen molar-refractivity contribution in [3.05, 3.63) is 51.4 Å². The molecule has 0 spiro atoms. The van der Waals surface area contributed by atoms with Crippen molar-refractivity contribution >= 4 is 11.6 Å². The minimum atomic E-state index is -5.26. The summed E-state index contributed by atoms with van der Waals surface area (Å²) >= 11 is 0. The second-order valence-corrected chi connectivity index (χ2v) is 5.24. The molecule has 1 aromatic heterocycles. The highest BCUT2D eigenvalue weighted by molar-refractivity contribution is 5.61. The molecule has 2 rings (SSSR count). The molecule has 1 heterocycles. The largest absolute Gasteiger partial charge is 0.433 e. The van der Waals surface area contributed by atoms with Crippen molar-refractivity contribution in [3.63, 3.8) is 0 Å². The molecule has 0 aliphatic heterocycles. The molecule has 0 unspecified atom stereocenters. The first-order valence-electron chi connectivity index (χ1n) is 6.81. The van der Waals surface area contributed by atoms with Crippen molar-refractivity contribution in [3.8, 4) is 0 Å². The zero-order valence-electron chi connectivity index (χ0n) is 13.0. The molecule has 1 N–H and O–H groups in total. The van der Waals surface area contributed by atoms with Gasteiger partial charge in [-0.3, -0.25) is 9.36 Å². The van der Waals surface area contributed by atoms with Gasteiger partial charge in [-0.25, -0.2) is 4.98 Å². The maximum Gasteiger partial charge on any atom is 0.433 e. The lowest BCUT2D eigenvalue weighted by atomic mass is 10.1. The molecule has 0 radical (unpaired) electrons. The lowest BCUT2D eigenvalue weighted by molar-refractivity contribution is -0.143. The summed E-state index contributed by atoms with van der Waals surface area (Å²) < 4.78 is 116. The highest BCUT2D eigenvalue weighted by Gasteiger charge is 2.39. The van der Waals surface area contributed by atoms with Crippen molar-refractivity contribution in [1.82, 2.24) is 9.55 Å². The summed E-state index contributed by atoms with van der Waals surface area (Å²) in [6, 6.07) is 0.623. The number of nitrogens with zero attached hydrogens (tertiary/aromatic N) is 2. The number of hydrogen-bond donors (Lipinski definition) is 1. The van der Waals surface area contributed by atoms with Crippen LogP contribution in [0.2, 0.25) is 0 Å². The Morgan fingerprint density at radius 1 is 0.889 bits per heavy atom. The molecule has 2 aromatic rings. The fourth-order valence-corrected chi connectivity index (χ4v) is 1.98. The average molecular weight is 405 g/mol. The van der Waals surface area contributed by atoms with E-state index in [0.717, 1.165) is 7.05 Å². The number of alkyl halides is 9. The number of benzene rings is 1. The molecule has 0 aliphatic carbocycles. The Labute approximate surface area is 144 Å². The first-order chi connectivity index (χ1) is 12.1. The minimum absolute atomic E-state index is 0.128. The number of hydrogen-bond acceptors (Lipinski definition) is 3. The van der Waals surface area contributed by atoms with Gasteiger partial charge in [0, 0.05) is 13.1 Å². The maximum absolute atomic E-state index is 13.1. The van der Waals surface area contributed by atoms with Crippen LogP contribution in [-0.2, 0) is 25.6 Å². The van der Waals surface area contributed by atoms with Crippen LogP contribution in [0, 0.1) is 0 Å². The molecule has 27 heavy (non-hydrogen) atoms. The Hall–Kier alpha value is -2.73. The summed E-state index contributed by atoms with van der Waals surface area (Å²) in [4.78, 5) is 14.6. The Kier molecular flexibility index (Phi) is 4.92. The first-order valence-corrected chi connectivity index (χ1v) is 6.81. The molecule has 0 fully saturated rings. The predicted octanol–water partition coefficient (Wildman–Crippen LogP) is 4.58. The summed E-state index contributed by atoms with van der Waals surface area (Å²) in [7, 11) is 0.926. The van der Waals surface area contributed by atoms with Crippen LogP contribution in [0.5, 0.6) is 0 Å². The van der Waals surface area contributed by atoms with Crippen molar-refractivity contribution < 1.29 is 39.5 Å². The van der Waals surface area contributed by atoms with E-state index in [1.807, 2.05) is 5.32 Å². The van der Waals surface area contributed by atoms with Gasteiger partial charge in [-0.2, -0.15) is 39.5 Å². The Bertz CT molecular complexity index is 910. The van der Waals surface area contributed by atoms with E-state index in [4.69, 9.17) is 0 Å². The molecule has 13 heteroatoms. The standard InChI is InChI=1S/C14H8F9N3O/c1-26-10(27)5-9(14(21,22)23)25-11(26)24-8-3-2-6(12(15,16)17)4-7(8)13(18,19)20/h2-5H,1H3,(H,24,25). The van der Waals surface area contributed by atoms with Crippen molar-refractivity contribution in [1.29, 1.82) is 0 Å². The minimum Gasteiger partial charge on any atom is -0.325 e. The maximum atomic E-state index is 13.1. The third kappa shape index (κ3) is 4.52. The molecule has 4 nitrogen and oxygen atoms in total. The zero-order chi connectivity index (χ0) is 20.8. The lowest BCUT2D eigenvalue weighted by Crippen LogP contribution is -2.25. The highest BCUT2D eigenvalue weighted by atomic mass is 19.4. The van der Waals surface area contributed by atoms with Gasteiger partial charge in [0.2, 0.25) is 5.95 Å². The van der Waals surface area contributed by atoms with Crippen LogP contribution >= 0.6 is 0 Å². The van der Waals surface area contributed by atoms with Crippen LogP contribution in [0.4, 0.5) is 51.1 Å². The lowest BCUT2D eigenvalue weighted by Gasteiger charge is -2.18. The van der Waals surface area contributed by atoms with E-state index in [1.54, 1.807) is 0 Å². The van der Waals surface area contributed by atoms with Gasteiger partial charge in [-0.1, -0.05) is 0 Å². The fourth-order valence-electron chi connectivity index (χ4n) is 1.98. The molecular weight excluding hydrogens is 397 g/mol. The van der Waals surface area contributed by atoms with Gasteiger partial charge in [0.15, 0.2) is 5.69 Å². The van der Waals surface area contributed by atoms with E-state index >= 15 is 0 Å². The molecular formula is C14H8F9N3O. The average Bonchev–Trinajstić information content (AvgIpc) is 2.48. The number of nitrogens with one attached hydrogen (secondary N) is 1. The van der Waals surface area contributed by atoms with E-state index in [1.165, 1.54) is 0 Å². The molecule has 0 amide bonds. The number of rotatable bonds is 2. The smallest absolute Gasteiger partial charge is 0.325 e. The summed E-state index contributed by atoms with van der Waals surface area (Å²) in [5, 5.41) is 1.84. The van der Waals surface area contributed by atoms with Crippen molar-refractivity contribution in [2.45, 2.75) is 18.5 Å². The van der Waals surface area contributed by atoms with Gasteiger partial charge < -0.3 is 5.32 Å². The SMILES string of the molecule is Cn1c(Nc2ccc(C(F)(F)F)cc2C(F)(F)F)nc(C(F)(F)F)cc1=O. The van der Waals surface area contributed by atoms with Gasteiger partial charge in [-0.05, 0) is 18.2 Å². The van der Waals surface area contributed by atoms with Crippen LogP contribution in [0.3, 0.4) is 0 Å². The van der Waals surface area contributed by atoms with Crippen LogP contribution in [0.15, 0.2) is 29.1 Å². The quantitative estimate of drug-likeness (QED) is 0.745. The Balaban J connectivity index is 2.61. The van der Waals surface area contributed by atoms with Crippen LogP contribution in [-0.4, -0.2) is 9.55 Å². The van der Waals surface area contributed by atoms with E-state index in [0.29, 0.717) is 16.7 Å². The van der Waals surface area contributed by atoms with Crippen LogP contribution in [0.1, 0.15) is 16.8 Å². The van der Waals surface area contributed by atoms with E-state index in [-0.39, 0.29) is 12.1 Å². The van der Waals surface area contributed by atoms with Gasteiger partial charge in [0.25, 0.3) is 5.56 Å². The van der Waals surface area contributed by atoms with E-state index in [2.05, 4.69) is 4.98 Å². The monoisotopic (exact) mass is 405 g/mol. The number of aromatic nitrogens is 2. The van der Waals surface area contributed by atoms with Crippen LogP contribution in [0.25, 0.3) is 0 Å². The van der Waals surface area contributed by atoms with Crippen LogP contribution < -0.4 is 10.9 Å². The highest BCUT2D eigenvalue weighted by Crippen LogP contribution is 2.40. The van der Waals surface area contributed by atoms with Crippen molar-refractivity contribution in [2.75, 3.05) is 5.32 Å². The Morgan fingerprint density at radius 3 is 1.96 bits per heavy atom. The number of anilines is 2. The van der Waals surface area contributed by atoms with E-state index < -0.39 is 52.5 Å². The van der Waals surface area contributed by atoms with Gasteiger partial charge in [0.05, 0.1) is 16.8 Å². The second kappa shape index (κ2) is 6.46. The predicted molar refractivity (Wildman–Crippen MR) is 74.2 cm³/mol. The molecule has 148 valence electrons. The van der Waals surface area contributed by atoms with Crippen molar-refractivity contribution in [2.24, 2.45) is 7.05 Å². The summed E-state index contributed by atoms with van der Waals surface area (Å²) in [5.41, 5.74) is -7.30. The third-order valence-corrected chi connectivity index (χ3v) is 3.32. The molecule has 0 aliphatic rings. The normalized spacial score (nSPS) is 13.0. The zero-order valence-corrected chi connectivity index (χ0v) is 13.0. The summed E-state index contributed by atoms with van der Waals surface area (Å²) in [6.07, 6.45) is -15.4. The molecule has 0 saturated carbocycles. The van der Waals surface area contributed by atoms with Gasteiger partial charge in [0.1, 0.15) is 0 Å². The third-order valence-electron chi connectivity index (χ3n) is 3.32. The topological polar surface area (TPSA) is 46.9 Å². The Morgan fingerprint density at radius 2 is 1.48 bits per heavy atom. The van der Waals surface area contributed by atoms with Gasteiger partial charge >= 0.3 is 18.5 Å². The summed E-state index contributed by atoms with van der Waals surface area (Å²) in [6.45, 7) is 0. The molecule has 1 aromatic carbocycles. The second-order valence-electron chi connectivity index (χ2n) is 5.24. The molecule has 0 saturated heterocycles. The van der Waals surface area contributed by atoms with Gasteiger partial charge in [-0.15, -0.1) is 0 Å². The number of halogens is 9. The summed E-state index contributed by atoms with van der Waals surface area (Å²) in [5.74, 6) is -0.930. The molecule has 0 atom stereocenters. The first kappa shape index (κ1) is 20.6. The fraction of sp³-hybridized carbons (Fsp3) is 0.286.